The van der Waals surface area contributed by atoms with Crippen molar-refractivity contribution in [3.8, 4) is 0 Å². The number of hydrogen-bond donors (Lipinski definition) is 3. The van der Waals surface area contributed by atoms with Gasteiger partial charge in [-0.25, -0.2) is 0 Å². The molecule has 1 aliphatic rings. The fraction of sp³-hybridized carbons (Fsp3) is 0.455. The van der Waals surface area contributed by atoms with E-state index in [1.54, 1.807) is 12.1 Å². The number of halogens is 3. The third kappa shape index (κ3) is 4.01. The van der Waals surface area contributed by atoms with Crippen LogP contribution in [0.5, 0.6) is 0 Å². The Kier molecular flexibility index (Phi) is 4.09. The summed E-state index contributed by atoms with van der Waals surface area (Å²) in [6.45, 7) is -0.814. The van der Waals surface area contributed by atoms with Crippen LogP contribution < -0.4 is 14.8 Å². The second-order valence-corrected chi connectivity index (χ2v) is 5.90. The van der Waals surface area contributed by atoms with E-state index in [9.17, 15) is 21.6 Å². The van der Waals surface area contributed by atoms with Crippen molar-refractivity contribution in [1.29, 1.82) is 0 Å². The van der Waals surface area contributed by atoms with Crippen molar-refractivity contribution >= 4 is 21.6 Å². The first kappa shape index (κ1) is 14.9. The highest BCUT2D eigenvalue weighted by Crippen LogP contribution is 2.29. The minimum absolute atomic E-state index is 0.296. The molecule has 20 heavy (non-hydrogen) atoms. The number of fused-ring (bicyclic) bond motifs is 1. The van der Waals surface area contributed by atoms with Gasteiger partial charge in [-0.15, -0.1) is 0 Å². The van der Waals surface area contributed by atoms with E-state index in [-0.39, 0.29) is 0 Å². The first-order chi connectivity index (χ1) is 9.27. The van der Waals surface area contributed by atoms with Gasteiger partial charge < -0.3 is 5.32 Å². The highest BCUT2D eigenvalue weighted by molar-refractivity contribution is 7.90. The Bertz CT molecular complexity index is 587. The molecule has 1 aliphatic heterocycles. The monoisotopic (exact) mass is 309 g/mol. The van der Waals surface area contributed by atoms with Crippen LogP contribution in [-0.2, 0) is 16.6 Å². The summed E-state index contributed by atoms with van der Waals surface area (Å²) in [5.74, 6) is 0. The van der Waals surface area contributed by atoms with Gasteiger partial charge in [-0.05, 0) is 30.5 Å². The van der Waals surface area contributed by atoms with Crippen molar-refractivity contribution < 1.29 is 21.6 Å². The molecule has 5 nitrogen and oxygen atoms in total. The van der Waals surface area contributed by atoms with Gasteiger partial charge in [0.1, 0.15) is 6.54 Å². The van der Waals surface area contributed by atoms with E-state index < -0.39 is 22.9 Å². The van der Waals surface area contributed by atoms with Gasteiger partial charge >= 0.3 is 6.18 Å². The third-order valence-electron chi connectivity index (χ3n) is 2.80. The number of benzene rings is 1. The molecular formula is C11H14F3N3O2S. The molecule has 0 unspecified atom stereocenters. The van der Waals surface area contributed by atoms with Crippen molar-refractivity contribution in [1.82, 2.24) is 4.72 Å². The van der Waals surface area contributed by atoms with E-state index in [0.29, 0.717) is 12.1 Å². The van der Waals surface area contributed by atoms with E-state index in [1.165, 1.54) is 10.8 Å². The molecule has 0 amide bonds. The maximum atomic E-state index is 12.0. The Balaban J connectivity index is 2.13. The molecule has 9 heteroatoms. The summed E-state index contributed by atoms with van der Waals surface area (Å²) in [6, 6.07) is 4.97. The van der Waals surface area contributed by atoms with Gasteiger partial charge in [0.15, 0.2) is 0 Å². The topological polar surface area (TPSA) is 70.2 Å². The summed E-state index contributed by atoms with van der Waals surface area (Å²) in [6.07, 6.45) is -3.09. The maximum absolute atomic E-state index is 12.0. The van der Waals surface area contributed by atoms with Gasteiger partial charge in [0.25, 0.3) is 10.2 Å². The molecule has 0 fully saturated rings. The van der Waals surface area contributed by atoms with Crippen LogP contribution in [0.4, 0.5) is 24.5 Å². The SMILES string of the molecule is O=S(=O)(NCC(F)(F)F)Nc1cccc2c1CCCN2. The lowest BCUT2D eigenvalue weighted by Crippen LogP contribution is -2.37. The second-order valence-electron chi connectivity index (χ2n) is 4.40. The van der Waals surface area contributed by atoms with Crippen LogP contribution in [0, 0.1) is 0 Å². The highest BCUT2D eigenvalue weighted by Gasteiger charge is 2.29. The Morgan fingerprint density at radius 2 is 2.05 bits per heavy atom. The lowest BCUT2D eigenvalue weighted by atomic mass is 10.0. The van der Waals surface area contributed by atoms with Gasteiger partial charge in [-0.3, -0.25) is 4.72 Å². The molecule has 0 bridgehead atoms. The van der Waals surface area contributed by atoms with Gasteiger partial charge in [-0.1, -0.05) is 6.07 Å². The van der Waals surface area contributed by atoms with Crippen LogP contribution in [-0.4, -0.2) is 27.7 Å². The van der Waals surface area contributed by atoms with Gasteiger partial charge in [-0.2, -0.15) is 26.3 Å². The molecule has 0 saturated carbocycles. The molecule has 0 atom stereocenters. The fourth-order valence-corrected chi connectivity index (χ4v) is 2.87. The third-order valence-corrected chi connectivity index (χ3v) is 3.82. The minimum atomic E-state index is -4.59. The zero-order valence-electron chi connectivity index (χ0n) is 10.4. The lowest BCUT2D eigenvalue weighted by Gasteiger charge is -2.21. The summed E-state index contributed by atoms with van der Waals surface area (Å²) in [5.41, 5.74) is 1.85. The van der Waals surface area contributed by atoms with Crippen LogP contribution in [0.25, 0.3) is 0 Å². The molecule has 112 valence electrons. The van der Waals surface area contributed by atoms with Crippen LogP contribution in [0.15, 0.2) is 18.2 Å². The Morgan fingerprint density at radius 3 is 2.75 bits per heavy atom. The van der Waals surface area contributed by atoms with Gasteiger partial charge in [0.05, 0.1) is 5.69 Å². The van der Waals surface area contributed by atoms with Crippen molar-refractivity contribution in [2.45, 2.75) is 19.0 Å². The molecule has 0 radical (unpaired) electrons. The first-order valence-corrected chi connectivity index (χ1v) is 7.45. The van der Waals surface area contributed by atoms with Gasteiger partial charge in [0.2, 0.25) is 0 Å². The zero-order valence-corrected chi connectivity index (χ0v) is 11.2. The predicted octanol–water partition coefficient (Wildman–Crippen LogP) is 1.85. The van der Waals surface area contributed by atoms with E-state index in [2.05, 4.69) is 10.0 Å². The minimum Gasteiger partial charge on any atom is -0.385 e. The summed E-state index contributed by atoms with van der Waals surface area (Å²) < 4.78 is 62.9. The van der Waals surface area contributed by atoms with E-state index in [1.807, 2.05) is 0 Å². The lowest BCUT2D eigenvalue weighted by molar-refractivity contribution is -0.121. The number of anilines is 2. The Morgan fingerprint density at radius 1 is 1.30 bits per heavy atom. The molecule has 2 rings (SSSR count). The molecule has 3 N–H and O–H groups in total. The highest BCUT2D eigenvalue weighted by atomic mass is 32.2. The van der Waals surface area contributed by atoms with E-state index in [4.69, 9.17) is 0 Å². The van der Waals surface area contributed by atoms with Crippen LogP contribution in [0.1, 0.15) is 12.0 Å². The Labute approximate surface area is 114 Å². The van der Waals surface area contributed by atoms with Gasteiger partial charge in [0, 0.05) is 12.2 Å². The first-order valence-electron chi connectivity index (χ1n) is 5.97. The predicted molar refractivity (Wildman–Crippen MR) is 69.9 cm³/mol. The summed E-state index contributed by atoms with van der Waals surface area (Å²) in [7, 11) is -4.25. The second kappa shape index (κ2) is 5.49. The fourth-order valence-electron chi connectivity index (χ4n) is 1.96. The molecule has 0 spiro atoms. The molecule has 1 aromatic carbocycles. The average molecular weight is 309 g/mol. The van der Waals surface area contributed by atoms with Crippen molar-refractivity contribution in [3.05, 3.63) is 23.8 Å². The summed E-state index contributed by atoms with van der Waals surface area (Å²) in [5, 5.41) is 3.11. The number of alkyl halides is 3. The normalized spacial score (nSPS) is 15.3. The molecule has 0 aliphatic carbocycles. The van der Waals surface area contributed by atoms with Crippen molar-refractivity contribution in [2.75, 3.05) is 23.1 Å². The van der Waals surface area contributed by atoms with E-state index >= 15 is 0 Å². The smallest absolute Gasteiger partial charge is 0.385 e. The Hall–Kier alpha value is -1.48. The molecule has 0 saturated heterocycles. The average Bonchev–Trinajstić information content (AvgIpc) is 2.36. The van der Waals surface area contributed by atoms with E-state index in [0.717, 1.165) is 24.2 Å². The number of nitrogens with one attached hydrogen (secondary N) is 3. The number of hydrogen-bond acceptors (Lipinski definition) is 3. The largest absolute Gasteiger partial charge is 0.402 e. The number of rotatable bonds is 4. The standard InChI is InChI=1S/C11H14F3N3O2S/c12-11(13,14)7-16-20(18,19)17-10-5-1-4-9-8(10)3-2-6-15-9/h1,4-5,15-17H,2-3,6-7H2. The quantitative estimate of drug-likeness (QED) is 0.795. The van der Waals surface area contributed by atoms with Crippen LogP contribution in [0.3, 0.4) is 0 Å². The van der Waals surface area contributed by atoms with Crippen LogP contribution in [0.2, 0.25) is 0 Å². The summed E-state index contributed by atoms with van der Waals surface area (Å²) >= 11 is 0. The molecule has 1 heterocycles. The molecule has 1 aromatic rings. The summed E-state index contributed by atoms with van der Waals surface area (Å²) in [4.78, 5) is 0. The molecular weight excluding hydrogens is 295 g/mol. The van der Waals surface area contributed by atoms with Crippen molar-refractivity contribution in [3.63, 3.8) is 0 Å². The zero-order chi connectivity index (χ0) is 14.8. The van der Waals surface area contributed by atoms with Crippen molar-refractivity contribution in [2.24, 2.45) is 0 Å². The maximum Gasteiger partial charge on any atom is 0.402 e. The molecule has 0 aromatic heterocycles. The van der Waals surface area contributed by atoms with Crippen LogP contribution >= 0.6 is 0 Å².